The average Bonchev–Trinajstić information content (AvgIpc) is 3.29. The summed E-state index contributed by atoms with van der Waals surface area (Å²) in [6, 6.07) is 11.2. The summed E-state index contributed by atoms with van der Waals surface area (Å²) in [4.78, 5) is 13.9. The highest BCUT2D eigenvalue weighted by Gasteiger charge is 2.30. The summed E-state index contributed by atoms with van der Waals surface area (Å²) < 4.78 is 63.1. The van der Waals surface area contributed by atoms with Crippen LogP contribution in [0.15, 0.2) is 42.5 Å². The van der Waals surface area contributed by atoms with Gasteiger partial charge < -0.3 is 15.5 Å². The lowest BCUT2D eigenvalue weighted by molar-refractivity contribution is -0.137. The fraction of sp³-hybridized carbons (Fsp3) is 0.484. The van der Waals surface area contributed by atoms with E-state index in [4.69, 9.17) is 21.5 Å². The van der Waals surface area contributed by atoms with Crippen LogP contribution in [0, 0.1) is 13.8 Å². The molecule has 1 aliphatic rings. The number of carbonyl (C=O) groups excluding carboxylic acids is 1. The van der Waals surface area contributed by atoms with Gasteiger partial charge in [0.1, 0.15) is 0 Å². The molecule has 15 heteroatoms. The Kier molecular flexibility index (Phi) is 15.3. The Hall–Kier alpha value is -3.33. The molecular formula is C31H45ClF3N7O3S. The molecule has 10 nitrogen and oxygen atoms in total. The lowest BCUT2D eigenvalue weighted by Crippen LogP contribution is -2.47. The minimum Gasteiger partial charge on any atom is -0.386 e. The Labute approximate surface area is 275 Å². The maximum absolute atomic E-state index is 12.9. The number of nitrogens with zero attached hydrogens (tertiary/aromatic N) is 4. The molecule has 1 saturated heterocycles. The zero-order chi connectivity index (χ0) is 34.5. The second-order valence-corrected chi connectivity index (χ2v) is 12.8. The molecule has 46 heavy (non-hydrogen) atoms. The molecule has 0 spiro atoms. The number of halogens is 4. The van der Waals surface area contributed by atoms with Crippen LogP contribution in [-0.4, -0.2) is 89.1 Å². The zero-order valence-corrected chi connectivity index (χ0v) is 28.8. The van der Waals surface area contributed by atoms with Crippen LogP contribution in [0.2, 0.25) is 5.02 Å². The van der Waals surface area contributed by atoms with Gasteiger partial charge in [0.05, 0.1) is 33.9 Å². The number of nitrogens with one attached hydrogen (secondary N) is 3. The van der Waals surface area contributed by atoms with Gasteiger partial charge in [0.15, 0.2) is 0 Å². The molecule has 4 rings (SSSR count). The predicted octanol–water partition coefficient (Wildman–Crippen LogP) is 5.01. The molecule has 2 heterocycles. The van der Waals surface area contributed by atoms with Gasteiger partial charge in [0, 0.05) is 71.2 Å². The molecule has 1 aliphatic heterocycles. The van der Waals surface area contributed by atoms with E-state index < -0.39 is 21.8 Å². The summed E-state index contributed by atoms with van der Waals surface area (Å²) in [5.74, 6) is 0. The Morgan fingerprint density at radius 1 is 1.00 bits per heavy atom. The summed E-state index contributed by atoms with van der Waals surface area (Å²) in [5.41, 5.74) is 4.95. The summed E-state index contributed by atoms with van der Waals surface area (Å²) in [7, 11) is 0.548. The standard InChI is InChI=1S/C26H31ClF3N5.C3H9NO2S.C2H5NO/c1-18-19(2)35(32-24(18)20-8-10-21(11-9-20)26(28,29)30)13-5-12-33-14-16-34(17-15-33)25-22(27)6-4-7-23(25)31-3;1-3-4-7(2,5)6;1-3-2-4/h4,6-11,31H,5,12-17H2,1-3H3;4H,3H2,1-2H3;2H,1H3,(H,3,4). The monoisotopic (exact) mass is 687 g/mol. The summed E-state index contributed by atoms with van der Waals surface area (Å²) in [6.07, 6.45) is -1.63. The number of carbonyl (C=O) groups is 1. The fourth-order valence-electron chi connectivity index (χ4n) is 4.88. The highest BCUT2D eigenvalue weighted by atomic mass is 35.5. The molecule has 0 unspecified atom stereocenters. The van der Waals surface area contributed by atoms with E-state index >= 15 is 0 Å². The van der Waals surface area contributed by atoms with Crippen molar-refractivity contribution in [2.75, 3.05) is 69.8 Å². The van der Waals surface area contributed by atoms with Crippen molar-refractivity contribution in [1.82, 2.24) is 24.7 Å². The maximum atomic E-state index is 12.9. The zero-order valence-electron chi connectivity index (χ0n) is 27.2. The first-order valence-electron chi connectivity index (χ1n) is 14.9. The van der Waals surface area contributed by atoms with Crippen LogP contribution >= 0.6 is 11.6 Å². The van der Waals surface area contributed by atoms with Gasteiger partial charge in [0.25, 0.3) is 0 Å². The van der Waals surface area contributed by atoms with E-state index in [0.29, 0.717) is 18.5 Å². The van der Waals surface area contributed by atoms with Gasteiger partial charge in [0.2, 0.25) is 16.4 Å². The SMILES string of the molecule is CCNS(C)(=O)=O.CNC=O.CNc1cccc(Cl)c1N1CCN(CCCn2nc(-c3ccc(C(F)(F)F)cc3)c(C)c2C)CC1. The summed E-state index contributed by atoms with van der Waals surface area (Å²) >= 11 is 6.48. The topological polar surface area (TPSA) is 112 Å². The number of aromatic nitrogens is 2. The van der Waals surface area contributed by atoms with Crippen LogP contribution in [-0.2, 0) is 27.5 Å². The number of benzene rings is 2. The maximum Gasteiger partial charge on any atom is 0.416 e. The van der Waals surface area contributed by atoms with Gasteiger partial charge in [-0.3, -0.25) is 14.4 Å². The highest BCUT2D eigenvalue weighted by Crippen LogP contribution is 2.34. The summed E-state index contributed by atoms with van der Waals surface area (Å²) in [6.45, 7) is 11.7. The molecule has 3 N–H and O–H groups in total. The molecule has 0 aliphatic carbocycles. The van der Waals surface area contributed by atoms with Gasteiger partial charge >= 0.3 is 6.18 Å². The number of anilines is 2. The van der Waals surface area contributed by atoms with E-state index in [1.807, 2.05) is 43.8 Å². The first-order chi connectivity index (χ1) is 21.7. The second kappa shape index (κ2) is 18.1. The van der Waals surface area contributed by atoms with Crippen molar-refractivity contribution < 1.29 is 26.4 Å². The number of aryl methyl sites for hydroxylation is 1. The van der Waals surface area contributed by atoms with Crippen LogP contribution in [0.25, 0.3) is 11.3 Å². The number of rotatable bonds is 10. The van der Waals surface area contributed by atoms with E-state index in [9.17, 15) is 21.6 Å². The van der Waals surface area contributed by atoms with Crippen molar-refractivity contribution in [2.45, 2.75) is 39.9 Å². The van der Waals surface area contributed by atoms with Crippen LogP contribution in [0.3, 0.4) is 0 Å². The van der Waals surface area contributed by atoms with Crippen molar-refractivity contribution >= 4 is 39.4 Å². The largest absolute Gasteiger partial charge is 0.416 e. The van der Waals surface area contributed by atoms with Crippen LogP contribution < -0.4 is 20.3 Å². The van der Waals surface area contributed by atoms with Crippen LogP contribution in [0.4, 0.5) is 24.5 Å². The smallest absolute Gasteiger partial charge is 0.386 e. The third kappa shape index (κ3) is 11.8. The minimum absolute atomic E-state index is 0.471. The highest BCUT2D eigenvalue weighted by molar-refractivity contribution is 7.88. The van der Waals surface area contributed by atoms with Gasteiger partial charge in [-0.25, -0.2) is 13.1 Å². The minimum atomic E-state index is -4.34. The van der Waals surface area contributed by atoms with E-state index in [1.165, 1.54) is 12.1 Å². The number of hydrogen-bond acceptors (Lipinski definition) is 7. The molecule has 3 aromatic rings. The third-order valence-corrected chi connectivity index (χ3v) is 8.42. The molecular weight excluding hydrogens is 643 g/mol. The first-order valence-corrected chi connectivity index (χ1v) is 17.1. The fourth-order valence-corrected chi connectivity index (χ4v) is 5.70. The lowest BCUT2D eigenvalue weighted by Gasteiger charge is -2.37. The van der Waals surface area contributed by atoms with Gasteiger partial charge in [-0.15, -0.1) is 0 Å². The Balaban J connectivity index is 0.000000577. The quantitative estimate of drug-likeness (QED) is 0.257. The van der Waals surface area contributed by atoms with Crippen LogP contribution in [0.5, 0.6) is 0 Å². The first kappa shape index (κ1) is 38.9. The van der Waals surface area contributed by atoms with E-state index in [1.54, 1.807) is 14.0 Å². The number of amides is 1. The van der Waals surface area contributed by atoms with E-state index in [0.717, 1.165) is 97.4 Å². The Morgan fingerprint density at radius 2 is 1.61 bits per heavy atom. The number of piperazine rings is 1. The van der Waals surface area contributed by atoms with Gasteiger partial charge in [-0.05, 0) is 50.1 Å². The van der Waals surface area contributed by atoms with Gasteiger partial charge in [-0.1, -0.05) is 36.7 Å². The van der Waals surface area contributed by atoms with Crippen molar-refractivity contribution in [1.29, 1.82) is 0 Å². The number of hydrogen-bond donors (Lipinski definition) is 3. The number of alkyl halides is 3. The summed E-state index contributed by atoms with van der Waals surface area (Å²) in [5, 5.41) is 11.0. The van der Waals surface area contributed by atoms with Crippen molar-refractivity contribution in [2.24, 2.45) is 0 Å². The lowest BCUT2D eigenvalue weighted by atomic mass is 10.1. The normalized spacial score (nSPS) is 13.7. The van der Waals surface area contributed by atoms with Crippen molar-refractivity contribution in [3.63, 3.8) is 0 Å². The molecule has 2 aromatic carbocycles. The molecule has 0 radical (unpaired) electrons. The predicted molar refractivity (Wildman–Crippen MR) is 180 cm³/mol. The second-order valence-electron chi connectivity index (χ2n) is 10.6. The molecule has 1 amide bonds. The van der Waals surface area contributed by atoms with Crippen molar-refractivity contribution in [3.8, 4) is 11.3 Å². The van der Waals surface area contributed by atoms with Crippen LogP contribution in [0.1, 0.15) is 30.2 Å². The molecule has 0 saturated carbocycles. The molecule has 256 valence electrons. The van der Waals surface area contributed by atoms with Crippen molar-refractivity contribution in [3.05, 3.63) is 64.3 Å². The average molecular weight is 688 g/mol. The van der Waals surface area contributed by atoms with E-state index in [-0.39, 0.29) is 0 Å². The third-order valence-electron chi connectivity index (χ3n) is 7.30. The number of para-hydroxylation sites is 1. The Bertz CT molecular complexity index is 1490. The molecule has 1 fully saturated rings. The molecule has 1 aromatic heterocycles. The van der Waals surface area contributed by atoms with Gasteiger partial charge in [-0.2, -0.15) is 18.3 Å². The molecule has 0 atom stereocenters. The Morgan fingerprint density at radius 3 is 2.09 bits per heavy atom. The number of sulfonamides is 1. The van der Waals surface area contributed by atoms with E-state index in [2.05, 4.69) is 25.2 Å². The molecule has 0 bridgehead atoms.